The molecule has 0 atom stereocenters. The maximum Gasteiger partial charge on any atom is 0.228 e. The van der Waals surface area contributed by atoms with Gasteiger partial charge in [-0.15, -0.1) is 0 Å². The van der Waals surface area contributed by atoms with E-state index in [1.165, 1.54) is 0 Å². The maximum atomic E-state index is 5.55. The van der Waals surface area contributed by atoms with Crippen molar-refractivity contribution in [3.8, 4) is 17.3 Å². The summed E-state index contributed by atoms with van der Waals surface area (Å²) < 4.78 is 6.37. The Morgan fingerprint density at radius 3 is 2.94 bits per heavy atom. The Kier molecular flexibility index (Phi) is 3.63. The summed E-state index contributed by atoms with van der Waals surface area (Å²) in [5.74, 6) is 1.03. The predicted octanol–water partition coefficient (Wildman–Crippen LogP) is 2.61. The molecule has 0 unspecified atom stereocenters. The van der Waals surface area contributed by atoms with Crippen molar-refractivity contribution in [2.24, 2.45) is 0 Å². The van der Waals surface area contributed by atoms with E-state index in [9.17, 15) is 0 Å². The van der Waals surface area contributed by atoms with E-state index < -0.39 is 0 Å². The lowest BCUT2D eigenvalue weighted by Gasteiger charge is -2.07. The van der Waals surface area contributed by atoms with Crippen molar-refractivity contribution in [1.29, 1.82) is 0 Å². The number of ether oxygens (including phenoxy) is 1. The van der Waals surface area contributed by atoms with E-state index in [1.807, 2.05) is 19.1 Å². The molecule has 0 fully saturated rings. The van der Waals surface area contributed by atoms with E-state index in [1.54, 1.807) is 6.07 Å². The van der Waals surface area contributed by atoms with Crippen molar-refractivity contribution >= 4 is 21.7 Å². The van der Waals surface area contributed by atoms with Crippen LogP contribution in [0.5, 0.6) is 5.88 Å². The second kappa shape index (κ2) is 5.18. The van der Waals surface area contributed by atoms with Crippen LogP contribution in [0, 0.1) is 0 Å². The van der Waals surface area contributed by atoms with Crippen LogP contribution in [0.25, 0.3) is 11.4 Å². The van der Waals surface area contributed by atoms with Gasteiger partial charge in [-0.3, -0.25) is 5.10 Å². The number of nitrogens with one attached hydrogen (secondary N) is 1. The molecule has 2 heterocycles. The SMILES string of the molecule is CCCOc1nc(-c2cc(N)n[nH]2)ccc1Br. The van der Waals surface area contributed by atoms with Gasteiger partial charge in [-0.25, -0.2) is 4.98 Å². The zero-order chi connectivity index (χ0) is 12.3. The molecule has 3 N–H and O–H groups in total. The van der Waals surface area contributed by atoms with Crippen LogP contribution in [0.3, 0.4) is 0 Å². The minimum absolute atomic E-state index is 0.445. The quantitative estimate of drug-likeness (QED) is 0.909. The number of nitrogens with two attached hydrogens (primary N) is 1. The zero-order valence-electron chi connectivity index (χ0n) is 9.40. The fourth-order valence-electron chi connectivity index (χ4n) is 1.34. The number of hydrogen-bond donors (Lipinski definition) is 2. The monoisotopic (exact) mass is 296 g/mol. The third-order valence-electron chi connectivity index (χ3n) is 2.13. The van der Waals surface area contributed by atoms with Crippen molar-refractivity contribution in [1.82, 2.24) is 15.2 Å². The van der Waals surface area contributed by atoms with Crippen LogP contribution in [0.2, 0.25) is 0 Å². The molecule has 2 rings (SSSR count). The highest BCUT2D eigenvalue weighted by Gasteiger charge is 2.08. The molecule has 0 bridgehead atoms. The first-order valence-corrected chi connectivity index (χ1v) is 6.10. The summed E-state index contributed by atoms with van der Waals surface area (Å²) in [4.78, 5) is 4.40. The van der Waals surface area contributed by atoms with Gasteiger partial charge in [0.15, 0.2) is 0 Å². The van der Waals surface area contributed by atoms with Gasteiger partial charge in [-0.05, 0) is 34.5 Å². The molecule has 0 amide bonds. The molecule has 0 aliphatic heterocycles. The Morgan fingerprint density at radius 2 is 2.29 bits per heavy atom. The molecular formula is C11H13BrN4O. The zero-order valence-corrected chi connectivity index (χ0v) is 11.0. The highest BCUT2D eigenvalue weighted by Crippen LogP contribution is 2.26. The second-order valence-electron chi connectivity index (χ2n) is 3.54. The summed E-state index contributed by atoms with van der Waals surface area (Å²) in [6.45, 7) is 2.69. The van der Waals surface area contributed by atoms with Crippen molar-refractivity contribution in [3.63, 3.8) is 0 Å². The van der Waals surface area contributed by atoms with Gasteiger partial charge in [-0.2, -0.15) is 5.10 Å². The number of nitrogen functional groups attached to an aromatic ring is 1. The molecule has 6 heteroatoms. The number of aromatic nitrogens is 3. The van der Waals surface area contributed by atoms with Crippen LogP contribution in [0.1, 0.15) is 13.3 Å². The number of nitrogens with zero attached hydrogens (tertiary/aromatic N) is 2. The van der Waals surface area contributed by atoms with Crippen LogP contribution in [-0.2, 0) is 0 Å². The van der Waals surface area contributed by atoms with E-state index in [0.29, 0.717) is 18.3 Å². The van der Waals surface area contributed by atoms with E-state index in [4.69, 9.17) is 10.5 Å². The molecule has 5 nitrogen and oxygen atoms in total. The number of H-pyrrole nitrogens is 1. The molecule has 90 valence electrons. The number of pyridine rings is 1. The van der Waals surface area contributed by atoms with Crippen molar-refractivity contribution in [2.75, 3.05) is 12.3 Å². The summed E-state index contributed by atoms with van der Waals surface area (Å²) in [7, 11) is 0. The highest BCUT2D eigenvalue weighted by molar-refractivity contribution is 9.10. The lowest BCUT2D eigenvalue weighted by atomic mass is 10.3. The molecule has 2 aromatic heterocycles. The topological polar surface area (TPSA) is 76.8 Å². The van der Waals surface area contributed by atoms with Gasteiger partial charge in [0.1, 0.15) is 5.82 Å². The maximum absolute atomic E-state index is 5.55. The van der Waals surface area contributed by atoms with Gasteiger partial charge in [0.2, 0.25) is 5.88 Å². The minimum atomic E-state index is 0.445. The van der Waals surface area contributed by atoms with Gasteiger partial charge in [0, 0.05) is 6.07 Å². The Labute approximate surface area is 108 Å². The van der Waals surface area contributed by atoms with Gasteiger partial charge in [0.05, 0.1) is 22.5 Å². The lowest BCUT2D eigenvalue weighted by Crippen LogP contribution is -1.99. The molecule has 0 aliphatic rings. The average Bonchev–Trinajstić information content (AvgIpc) is 2.75. The predicted molar refractivity (Wildman–Crippen MR) is 69.7 cm³/mol. The Bertz CT molecular complexity index is 512. The minimum Gasteiger partial charge on any atom is -0.477 e. The van der Waals surface area contributed by atoms with Crippen LogP contribution in [0.15, 0.2) is 22.7 Å². The summed E-state index contributed by atoms with van der Waals surface area (Å²) in [6, 6.07) is 5.50. The molecule has 0 aromatic carbocycles. The first-order chi connectivity index (χ1) is 8.20. The average molecular weight is 297 g/mol. The smallest absolute Gasteiger partial charge is 0.228 e. The van der Waals surface area contributed by atoms with Crippen molar-refractivity contribution in [3.05, 3.63) is 22.7 Å². The number of anilines is 1. The molecular weight excluding hydrogens is 284 g/mol. The normalized spacial score (nSPS) is 10.5. The van der Waals surface area contributed by atoms with E-state index in [2.05, 4.69) is 31.1 Å². The van der Waals surface area contributed by atoms with Crippen LogP contribution < -0.4 is 10.5 Å². The summed E-state index contributed by atoms with van der Waals surface area (Å²) in [5, 5.41) is 6.68. The van der Waals surface area contributed by atoms with Gasteiger partial charge in [-0.1, -0.05) is 6.92 Å². The fraction of sp³-hybridized carbons (Fsp3) is 0.273. The van der Waals surface area contributed by atoms with E-state index >= 15 is 0 Å². The number of hydrogen-bond acceptors (Lipinski definition) is 4. The van der Waals surface area contributed by atoms with Gasteiger partial charge in [0.25, 0.3) is 0 Å². The Balaban J connectivity index is 2.30. The molecule has 0 spiro atoms. The third kappa shape index (κ3) is 2.76. The first kappa shape index (κ1) is 11.9. The molecule has 0 radical (unpaired) electrons. The molecule has 0 saturated heterocycles. The Hall–Kier alpha value is -1.56. The van der Waals surface area contributed by atoms with Crippen LogP contribution >= 0.6 is 15.9 Å². The number of rotatable bonds is 4. The third-order valence-corrected chi connectivity index (χ3v) is 2.73. The summed E-state index contributed by atoms with van der Waals surface area (Å²) in [5.41, 5.74) is 7.08. The summed E-state index contributed by atoms with van der Waals surface area (Å²) in [6.07, 6.45) is 0.940. The molecule has 2 aromatic rings. The fourth-order valence-corrected chi connectivity index (χ4v) is 1.68. The highest BCUT2D eigenvalue weighted by atomic mass is 79.9. The van der Waals surface area contributed by atoms with Crippen molar-refractivity contribution < 1.29 is 4.74 Å². The van der Waals surface area contributed by atoms with Gasteiger partial charge < -0.3 is 10.5 Å². The van der Waals surface area contributed by atoms with E-state index in [-0.39, 0.29) is 0 Å². The van der Waals surface area contributed by atoms with Gasteiger partial charge >= 0.3 is 0 Å². The van der Waals surface area contributed by atoms with E-state index in [0.717, 1.165) is 22.3 Å². The number of aromatic amines is 1. The number of halogens is 1. The molecule has 17 heavy (non-hydrogen) atoms. The van der Waals surface area contributed by atoms with Crippen LogP contribution in [-0.4, -0.2) is 21.8 Å². The Morgan fingerprint density at radius 1 is 1.47 bits per heavy atom. The molecule has 0 aliphatic carbocycles. The standard InChI is InChI=1S/C11H13BrN4O/c1-2-5-17-11-7(12)3-4-8(14-11)9-6-10(13)16-15-9/h3-4,6H,2,5H2,1H3,(H3,13,15,16). The molecule has 0 saturated carbocycles. The largest absolute Gasteiger partial charge is 0.477 e. The second-order valence-corrected chi connectivity index (χ2v) is 4.39. The van der Waals surface area contributed by atoms with Crippen molar-refractivity contribution in [2.45, 2.75) is 13.3 Å². The van der Waals surface area contributed by atoms with Crippen LogP contribution in [0.4, 0.5) is 5.82 Å². The summed E-state index contributed by atoms with van der Waals surface area (Å²) >= 11 is 3.40. The lowest BCUT2D eigenvalue weighted by molar-refractivity contribution is 0.303. The first-order valence-electron chi connectivity index (χ1n) is 5.31.